The largest absolute Gasteiger partial charge is 0.495 e. The van der Waals surface area contributed by atoms with E-state index in [4.69, 9.17) is 10.6 Å². The third-order valence-electron chi connectivity index (χ3n) is 2.47. The molecule has 1 heterocycles. The van der Waals surface area contributed by atoms with Gasteiger partial charge in [0.1, 0.15) is 11.3 Å². The monoisotopic (exact) mass is 233 g/mol. The smallest absolute Gasteiger partial charge is 0.270 e. The second-order valence-electron chi connectivity index (χ2n) is 3.39. The summed E-state index contributed by atoms with van der Waals surface area (Å²) >= 11 is 0. The maximum atomic E-state index is 12.0. The highest BCUT2D eigenvalue weighted by Crippen LogP contribution is 2.20. The number of nitrogen functional groups attached to an aromatic ring is 1. The zero-order valence-corrected chi connectivity index (χ0v) is 9.11. The summed E-state index contributed by atoms with van der Waals surface area (Å²) in [5.41, 5.74) is 2.05. The normalized spacial score (nSPS) is 10.2. The number of nitrogens with one attached hydrogen (secondary N) is 2. The van der Waals surface area contributed by atoms with Crippen molar-refractivity contribution < 1.29 is 9.53 Å². The second kappa shape index (κ2) is 4.26. The third-order valence-corrected chi connectivity index (χ3v) is 2.47. The topological polar surface area (TPSA) is 97.2 Å². The summed E-state index contributed by atoms with van der Waals surface area (Å²) in [6.45, 7) is 0. The zero-order chi connectivity index (χ0) is 12.4. The first-order valence-corrected chi connectivity index (χ1v) is 4.88. The molecule has 0 saturated carbocycles. The van der Waals surface area contributed by atoms with E-state index in [9.17, 15) is 9.59 Å². The van der Waals surface area contributed by atoms with E-state index in [1.807, 2.05) is 5.43 Å². The van der Waals surface area contributed by atoms with Crippen LogP contribution in [-0.2, 0) is 0 Å². The zero-order valence-electron chi connectivity index (χ0n) is 9.11. The molecule has 0 fully saturated rings. The fourth-order valence-corrected chi connectivity index (χ4v) is 1.64. The first kappa shape index (κ1) is 11.2. The lowest BCUT2D eigenvalue weighted by Gasteiger charge is -2.06. The number of rotatable bonds is 2. The molecule has 1 amide bonds. The molecular formula is C11H11N3O3. The number of amides is 1. The van der Waals surface area contributed by atoms with Crippen LogP contribution in [0.5, 0.6) is 5.75 Å². The Balaban J connectivity index is 2.78. The number of pyridine rings is 1. The molecular weight excluding hydrogens is 222 g/mol. The first-order valence-electron chi connectivity index (χ1n) is 4.88. The van der Waals surface area contributed by atoms with Crippen LogP contribution in [-0.4, -0.2) is 18.0 Å². The molecule has 2 aromatic rings. The summed E-state index contributed by atoms with van der Waals surface area (Å²) in [5.74, 6) is 4.91. The molecule has 0 aliphatic carbocycles. The fourth-order valence-electron chi connectivity index (χ4n) is 1.64. The lowest BCUT2D eigenvalue weighted by Crippen LogP contribution is -2.33. The summed E-state index contributed by atoms with van der Waals surface area (Å²) in [4.78, 5) is 26.2. The summed E-state index contributed by atoms with van der Waals surface area (Å²) in [6.07, 6.45) is 1.31. The Kier molecular flexibility index (Phi) is 2.80. The minimum Gasteiger partial charge on any atom is -0.495 e. The van der Waals surface area contributed by atoms with Gasteiger partial charge in [0.05, 0.1) is 18.0 Å². The number of hydrazine groups is 1. The number of benzene rings is 1. The summed E-state index contributed by atoms with van der Waals surface area (Å²) < 4.78 is 5.11. The van der Waals surface area contributed by atoms with Crippen LogP contribution in [0.2, 0.25) is 0 Å². The molecule has 0 atom stereocenters. The number of H-pyrrole nitrogens is 1. The lowest BCUT2D eigenvalue weighted by molar-refractivity contribution is 0.0952. The number of aromatic amines is 1. The Morgan fingerprint density at radius 2 is 2.24 bits per heavy atom. The van der Waals surface area contributed by atoms with Crippen molar-refractivity contribution in [2.24, 2.45) is 5.84 Å². The summed E-state index contributed by atoms with van der Waals surface area (Å²) in [5, 5.41) is 0.380. The van der Waals surface area contributed by atoms with E-state index in [0.717, 1.165) is 0 Å². The fraction of sp³-hybridized carbons (Fsp3) is 0.0909. The van der Waals surface area contributed by atoms with Gasteiger partial charge in [-0.25, -0.2) is 5.84 Å². The molecule has 0 unspecified atom stereocenters. The Hall–Kier alpha value is -2.34. The van der Waals surface area contributed by atoms with Crippen LogP contribution < -0.4 is 21.4 Å². The predicted octanol–water partition coefficient (Wildman–Crippen LogP) is 0.140. The van der Waals surface area contributed by atoms with Crippen molar-refractivity contribution >= 4 is 16.8 Å². The van der Waals surface area contributed by atoms with Crippen LogP contribution in [0.4, 0.5) is 0 Å². The number of carbonyl (C=O) groups is 1. The van der Waals surface area contributed by atoms with Crippen LogP contribution in [0.15, 0.2) is 29.2 Å². The number of methoxy groups -OCH3 is 1. The van der Waals surface area contributed by atoms with Crippen molar-refractivity contribution in [3.05, 3.63) is 40.2 Å². The highest BCUT2D eigenvalue weighted by molar-refractivity contribution is 5.97. The van der Waals surface area contributed by atoms with Gasteiger partial charge in [-0.1, -0.05) is 6.07 Å². The molecule has 1 aromatic heterocycles. The number of aromatic nitrogens is 1. The molecule has 0 aliphatic rings. The Labute approximate surface area is 96.4 Å². The van der Waals surface area contributed by atoms with Gasteiger partial charge < -0.3 is 9.72 Å². The molecule has 0 saturated heterocycles. The quantitative estimate of drug-likeness (QED) is 0.390. The van der Waals surface area contributed by atoms with Gasteiger partial charge in [-0.05, 0) is 12.1 Å². The van der Waals surface area contributed by atoms with E-state index < -0.39 is 5.91 Å². The van der Waals surface area contributed by atoms with E-state index in [1.54, 1.807) is 18.2 Å². The molecule has 0 spiro atoms. The minimum absolute atomic E-state index is 0.0340. The van der Waals surface area contributed by atoms with E-state index >= 15 is 0 Å². The average molecular weight is 233 g/mol. The standard InChI is InChI=1S/C11H11N3O3/c1-17-8-4-2-3-6-9(8)13-5-7(10(6)15)11(16)14-12/h2-5H,12H2,1H3,(H,13,15)(H,14,16). The van der Waals surface area contributed by atoms with Crippen LogP contribution >= 0.6 is 0 Å². The van der Waals surface area contributed by atoms with Crippen LogP contribution in [0.25, 0.3) is 10.9 Å². The summed E-state index contributed by atoms with van der Waals surface area (Å²) in [7, 11) is 1.51. The van der Waals surface area contributed by atoms with Gasteiger partial charge in [0.2, 0.25) is 5.43 Å². The van der Waals surface area contributed by atoms with E-state index in [0.29, 0.717) is 16.7 Å². The van der Waals surface area contributed by atoms with Gasteiger partial charge in [-0.3, -0.25) is 15.0 Å². The molecule has 4 N–H and O–H groups in total. The van der Waals surface area contributed by atoms with E-state index in [2.05, 4.69) is 4.98 Å². The molecule has 88 valence electrons. The van der Waals surface area contributed by atoms with Gasteiger partial charge >= 0.3 is 0 Å². The maximum Gasteiger partial charge on any atom is 0.270 e. The number of carbonyl (C=O) groups excluding carboxylic acids is 1. The first-order chi connectivity index (χ1) is 8.19. The SMILES string of the molecule is COc1cccc2c(=O)c(C(=O)NN)c[nH]c12. The molecule has 6 heteroatoms. The Morgan fingerprint density at radius 3 is 2.88 bits per heavy atom. The molecule has 1 aromatic carbocycles. The van der Waals surface area contributed by atoms with Crippen molar-refractivity contribution in [3.63, 3.8) is 0 Å². The minimum atomic E-state index is -0.629. The highest BCUT2D eigenvalue weighted by atomic mass is 16.5. The third kappa shape index (κ3) is 1.74. The number of para-hydroxylation sites is 1. The number of fused-ring (bicyclic) bond motifs is 1. The van der Waals surface area contributed by atoms with Gasteiger partial charge in [0.15, 0.2) is 0 Å². The van der Waals surface area contributed by atoms with Gasteiger partial charge in [-0.15, -0.1) is 0 Å². The molecule has 0 aliphatic heterocycles. The highest BCUT2D eigenvalue weighted by Gasteiger charge is 2.13. The molecule has 2 rings (SSSR count). The van der Waals surface area contributed by atoms with Crippen molar-refractivity contribution in [1.29, 1.82) is 0 Å². The van der Waals surface area contributed by atoms with Crippen molar-refractivity contribution in [2.45, 2.75) is 0 Å². The Morgan fingerprint density at radius 1 is 1.47 bits per heavy atom. The van der Waals surface area contributed by atoms with Crippen LogP contribution in [0.1, 0.15) is 10.4 Å². The van der Waals surface area contributed by atoms with Crippen molar-refractivity contribution in [1.82, 2.24) is 10.4 Å². The van der Waals surface area contributed by atoms with Gasteiger partial charge in [-0.2, -0.15) is 0 Å². The lowest BCUT2D eigenvalue weighted by atomic mass is 10.1. The second-order valence-corrected chi connectivity index (χ2v) is 3.39. The van der Waals surface area contributed by atoms with Crippen LogP contribution in [0, 0.1) is 0 Å². The summed E-state index contributed by atoms with van der Waals surface area (Å²) in [6, 6.07) is 5.02. The van der Waals surface area contributed by atoms with Gasteiger partial charge in [0, 0.05) is 6.20 Å². The number of hydrogen-bond acceptors (Lipinski definition) is 4. The maximum absolute atomic E-state index is 12.0. The van der Waals surface area contributed by atoms with Crippen molar-refractivity contribution in [3.8, 4) is 5.75 Å². The average Bonchev–Trinajstić information content (AvgIpc) is 2.38. The van der Waals surface area contributed by atoms with Gasteiger partial charge in [0.25, 0.3) is 5.91 Å². The predicted molar refractivity (Wildman–Crippen MR) is 62.8 cm³/mol. The molecule has 0 radical (unpaired) electrons. The van der Waals surface area contributed by atoms with Crippen molar-refractivity contribution in [2.75, 3.05) is 7.11 Å². The van der Waals surface area contributed by atoms with E-state index in [1.165, 1.54) is 13.3 Å². The molecule has 0 bridgehead atoms. The number of ether oxygens (including phenoxy) is 1. The molecule has 17 heavy (non-hydrogen) atoms. The van der Waals surface area contributed by atoms with E-state index in [-0.39, 0.29) is 11.0 Å². The number of nitrogens with two attached hydrogens (primary N) is 1. The Bertz CT molecular complexity index is 633. The number of hydrogen-bond donors (Lipinski definition) is 3. The van der Waals surface area contributed by atoms with Crippen LogP contribution in [0.3, 0.4) is 0 Å². The molecule has 6 nitrogen and oxygen atoms in total.